The third-order valence-electron chi connectivity index (χ3n) is 4.33. The summed E-state index contributed by atoms with van der Waals surface area (Å²) < 4.78 is 4.61. The lowest BCUT2D eigenvalue weighted by Gasteiger charge is -2.06. The van der Waals surface area contributed by atoms with Crippen LogP contribution >= 0.6 is 0 Å². The Labute approximate surface area is 144 Å². The number of rotatable bonds is 15. The maximum Gasteiger partial charge on any atom is 0.305 e. The molecular formula is C21H38O2. The van der Waals surface area contributed by atoms with Crippen molar-refractivity contribution >= 4 is 5.97 Å². The SMILES string of the molecule is CC[C@H](C)CCCCCC/C=C\CC/C=C\CCCC(=O)OC. The first kappa shape index (κ1) is 21.9. The Morgan fingerprint density at radius 3 is 2.04 bits per heavy atom. The highest BCUT2D eigenvalue weighted by Gasteiger charge is 1.98. The van der Waals surface area contributed by atoms with Gasteiger partial charge in [0.25, 0.3) is 0 Å². The largest absolute Gasteiger partial charge is 0.469 e. The van der Waals surface area contributed by atoms with Crippen molar-refractivity contribution in [1.29, 1.82) is 0 Å². The van der Waals surface area contributed by atoms with Gasteiger partial charge in [0.05, 0.1) is 7.11 Å². The lowest BCUT2D eigenvalue weighted by Crippen LogP contribution is -1.98. The Balaban J connectivity index is 3.27. The van der Waals surface area contributed by atoms with Crippen molar-refractivity contribution in [2.45, 2.75) is 90.9 Å². The Morgan fingerprint density at radius 1 is 0.870 bits per heavy atom. The van der Waals surface area contributed by atoms with Gasteiger partial charge in [0.1, 0.15) is 0 Å². The smallest absolute Gasteiger partial charge is 0.305 e. The summed E-state index contributed by atoms with van der Waals surface area (Å²) in [7, 11) is 1.44. The molecule has 0 fully saturated rings. The van der Waals surface area contributed by atoms with E-state index in [0.717, 1.165) is 31.6 Å². The van der Waals surface area contributed by atoms with Crippen LogP contribution in [0, 0.1) is 5.92 Å². The molecule has 0 aromatic rings. The number of methoxy groups -OCH3 is 1. The van der Waals surface area contributed by atoms with Gasteiger partial charge in [-0.1, -0.05) is 70.3 Å². The zero-order chi connectivity index (χ0) is 17.2. The summed E-state index contributed by atoms with van der Waals surface area (Å²) in [5.74, 6) is 0.796. The molecule has 0 aliphatic carbocycles. The molecule has 2 nitrogen and oxygen atoms in total. The van der Waals surface area contributed by atoms with E-state index in [1.807, 2.05) is 0 Å². The lowest BCUT2D eigenvalue weighted by molar-refractivity contribution is -0.140. The standard InChI is InChI=1S/C21H38O2/c1-4-20(2)18-16-14-12-10-8-6-5-7-9-11-13-15-17-19-21(22)23-3/h5-6,11,13,20H,4,7-10,12,14-19H2,1-3H3/b6-5-,13-11-/t20-/m0/s1. The van der Waals surface area contributed by atoms with Gasteiger partial charge in [-0.3, -0.25) is 4.79 Å². The van der Waals surface area contributed by atoms with Gasteiger partial charge in [0.2, 0.25) is 0 Å². The second-order valence-corrected chi connectivity index (χ2v) is 6.49. The molecule has 0 saturated heterocycles. The third-order valence-corrected chi connectivity index (χ3v) is 4.33. The average molecular weight is 323 g/mol. The predicted molar refractivity (Wildman–Crippen MR) is 101 cm³/mol. The molecule has 0 bridgehead atoms. The van der Waals surface area contributed by atoms with Crippen LogP contribution in [0.5, 0.6) is 0 Å². The quantitative estimate of drug-likeness (QED) is 0.193. The summed E-state index contributed by atoms with van der Waals surface area (Å²) in [6.07, 6.45) is 23.1. The molecule has 0 radical (unpaired) electrons. The zero-order valence-electron chi connectivity index (χ0n) is 15.7. The van der Waals surface area contributed by atoms with Crippen LogP contribution in [0.25, 0.3) is 0 Å². The fourth-order valence-corrected chi connectivity index (χ4v) is 2.44. The molecule has 0 rings (SSSR count). The molecule has 2 heteroatoms. The highest BCUT2D eigenvalue weighted by molar-refractivity contribution is 5.68. The van der Waals surface area contributed by atoms with Crippen molar-refractivity contribution in [2.75, 3.05) is 7.11 Å². The van der Waals surface area contributed by atoms with E-state index < -0.39 is 0 Å². The van der Waals surface area contributed by atoms with E-state index in [1.54, 1.807) is 0 Å². The van der Waals surface area contributed by atoms with Gasteiger partial charge in [0, 0.05) is 6.42 Å². The second-order valence-electron chi connectivity index (χ2n) is 6.49. The van der Waals surface area contributed by atoms with Crippen LogP contribution in [-0.2, 0) is 9.53 Å². The number of carbonyl (C=O) groups is 1. The topological polar surface area (TPSA) is 26.3 Å². The van der Waals surface area contributed by atoms with Crippen LogP contribution in [-0.4, -0.2) is 13.1 Å². The zero-order valence-corrected chi connectivity index (χ0v) is 15.7. The molecule has 0 aliphatic rings. The van der Waals surface area contributed by atoms with E-state index in [1.165, 1.54) is 52.1 Å². The first-order chi connectivity index (χ1) is 11.2. The van der Waals surface area contributed by atoms with Crippen molar-refractivity contribution in [3.8, 4) is 0 Å². The number of unbranched alkanes of at least 4 members (excludes halogenated alkanes) is 6. The fraction of sp³-hybridized carbons (Fsp3) is 0.762. The summed E-state index contributed by atoms with van der Waals surface area (Å²) in [6.45, 7) is 4.64. The van der Waals surface area contributed by atoms with E-state index in [4.69, 9.17) is 0 Å². The van der Waals surface area contributed by atoms with Crippen LogP contribution in [0.4, 0.5) is 0 Å². The Morgan fingerprint density at radius 2 is 1.43 bits per heavy atom. The predicted octanol–water partition coefficient (Wildman–Crippen LogP) is 6.61. The minimum absolute atomic E-state index is 0.110. The minimum Gasteiger partial charge on any atom is -0.469 e. The number of ether oxygens (including phenoxy) is 1. The maximum atomic E-state index is 10.9. The number of carbonyl (C=O) groups excluding carboxylic acids is 1. The second kappa shape index (κ2) is 17.3. The summed E-state index contributed by atoms with van der Waals surface area (Å²) in [5, 5.41) is 0. The van der Waals surface area contributed by atoms with Crippen LogP contribution < -0.4 is 0 Å². The lowest BCUT2D eigenvalue weighted by atomic mass is 10.00. The van der Waals surface area contributed by atoms with Gasteiger partial charge in [-0.15, -0.1) is 0 Å². The monoisotopic (exact) mass is 322 g/mol. The van der Waals surface area contributed by atoms with Crippen LogP contribution in [0.15, 0.2) is 24.3 Å². The molecule has 0 amide bonds. The van der Waals surface area contributed by atoms with Crippen LogP contribution in [0.2, 0.25) is 0 Å². The summed E-state index contributed by atoms with van der Waals surface area (Å²) in [5.41, 5.74) is 0. The number of hydrogen-bond donors (Lipinski definition) is 0. The van der Waals surface area contributed by atoms with Gasteiger partial charge < -0.3 is 4.74 Å². The van der Waals surface area contributed by atoms with Crippen molar-refractivity contribution in [3.05, 3.63) is 24.3 Å². The molecule has 0 heterocycles. The Kier molecular flexibility index (Phi) is 16.5. The van der Waals surface area contributed by atoms with Crippen molar-refractivity contribution in [1.82, 2.24) is 0 Å². The first-order valence-electron chi connectivity index (χ1n) is 9.57. The van der Waals surface area contributed by atoms with Crippen LogP contribution in [0.1, 0.15) is 90.9 Å². The molecular weight excluding hydrogens is 284 g/mol. The highest BCUT2D eigenvalue weighted by Crippen LogP contribution is 2.13. The summed E-state index contributed by atoms with van der Waals surface area (Å²) in [4.78, 5) is 10.9. The molecule has 0 N–H and O–H groups in total. The molecule has 1 atom stereocenters. The molecule has 0 spiro atoms. The average Bonchev–Trinajstić information content (AvgIpc) is 2.57. The van der Waals surface area contributed by atoms with Gasteiger partial charge in [-0.05, 0) is 44.4 Å². The van der Waals surface area contributed by atoms with Crippen molar-refractivity contribution < 1.29 is 9.53 Å². The van der Waals surface area contributed by atoms with Gasteiger partial charge in [0.15, 0.2) is 0 Å². The van der Waals surface area contributed by atoms with Gasteiger partial charge in [-0.2, -0.15) is 0 Å². The number of hydrogen-bond acceptors (Lipinski definition) is 2. The fourth-order valence-electron chi connectivity index (χ4n) is 2.44. The molecule has 0 saturated carbocycles. The van der Waals surface area contributed by atoms with Gasteiger partial charge >= 0.3 is 5.97 Å². The summed E-state index contributed by atoms with van der Waals surface area (Å²) >= 11 is 0. The minimum atomic E-state index is -0.110. The normalized spacial score (nSPS) is 13.0. The maximum absolute atomic E-state index is 10.9. The van der Waals surface area contributed by atoms with Crippen LogP contribution in [0.3, 0.4) is 0 Å². The Hall–Kier alpha value is -1.05. The van der Waals surface area contributed by atoms with E-state index >= 15 is 0 Å². The number of allylic oxidation sites excluding steroid dienone is 4. The highest BCUT2D eigenvalue weighted by atomic mass is 16.5. The van der Waals surface area contributed by atoms with E-state index in [0.29, 0.717) is 6.42 Å². The molecule has 0 aromatic heterocycles. The van der Waals surface area contributed by atoms with E-state index in [-0.39, 0.29) is 5.97 Å². The third kappa shape index (κ3) is 17.1. The van der Waals surface area contributed by atoms with E-state index in [2.05, 4.69) is 42.9 Å². The van der Waals surface area contributed by atoms with E-state index in [9.17, 15) is 4.79 Å². The van der Waals surface area contributed by atoms with Crippen molar-refractivity contribution in [3.63, 3.8) is 0 Å². The molecule has 134 valence electrons. The molecule has 0 unspecified atom stereocenters. The first-order valence-corrected chi connectivity index (χ1v) is 9.57. The molecule has 0 aliphatic heterocycles. The molecule has 23 heavy (non-hydrogen) atoms. The molecule has 0 aromatic carbocycles. The summed E-state index contributed by atoms with van der Waals surface area (Å²) in [6, 6.07) is 0. The van der Waals surface area contributed by atoms with Crippen molar-refractivity contribution in [2.24, 2.45) is 5.92 Å². The van der Waals surface area contributed by atoms with Gasteiger partial charge in [-0.25, -0.2) is 0 Å². The Bertz CT molecular complexity index is 318. The number of esters is 1.